The maximum absolute atomic E-state index is 13.4. The minimum atomic E-state index is -0.624. The van der Waals surface area contributed by atoms with E-state index in [2.05, 4.69) is 6.92 Å². The molecular weight excluding hydrogens is 398 g/mol. The van der Waals surface area contributed by atoms with Crippen molar-refractivity contribution in [3.05, 3.63) is 75.8 Å². The van der Waals surface area contributed by atoms with E-state index in [1.54, 1.807) is 24.3 Å². The molecule has 0 bridgehead atoms. The van der Waals surface area contributed by atoms with Crippen molar-refractivity contribution in [2.45, 2.75) is 32.7 Å². The fraction of sp³-hybridized carbons (Fsp3) is 0.348. The Morgan fingerprint density at radius 2 is 1.77 bits per heavy atom. The minimum absolute atomic E-state index is 0.00877. The quantitative estimate of drug-likeness (QED) is 0.417. The van der Waals surface area contributed by atoms with Crippen LogP contribution in [0.4, 0.5) is 5.69 Å². The zero-order valence-corrected chi connectivity index (χ0v) is 17.1. The van der Waals surface area contributed by atoms with Crippen molar-refractivity contribution in [3.63, 3.8) is 0 Å². The normalized spacial score (nSPS) is 22.9. The van der Waals surface area contributed by atoms with Gasteiger partial charge in [0.15, 0.2) is 0 Å². The fourth-order valence-corrected chi connectivity index (χ4v) is 4.50. The molecule has 1 saturated carbocycles. The van der Waals surface area contributed by atoms with Crippen LogP contribution in [-0.2, 0) is 16.1 Å². The number of nitrogens with zero attached hydrogens (tertiary/aromatic N) is 3. The first kappa shape index (κ1) is 20.7. The van der Waals surface area contributed by atoms with E-state index < -0.39 is 22.7 Å². The fourth-order valence-electron chi connectivity index (χ4n) is 4.50. The van der Waals surface area contributed by atoms with Crippen molar-refractivity contribution in [3.8, 4) is 0 Å². The number of fused-ring (bicyclic) bond motifs is 1. The highest BCUT2D eigenvalue weighted by Crippen LogP contribution is 2.41. The van der Waals surface area contributed by atoms with Gasteiger partial charge in [-0.1, -0.05) is 43.3 Å². The van der Waals surface area contributed by atoms with Gasteiger partial charge in [-0.25, -0.2) is 5.01 Å². The molecule has 2 aromatic carbocycles. The standard InChI is InChI=1S/C23H23N3O5/c1-15-10-11-19-20(12-15)23(29)25(22(19)28)24(14-16-6-3-2-4-7-16)21(27)17-8-5-9-18(13-17)26(30)31/h2-9,13,15,19-20H,10-12,14H2,1H3/t15-,19-,20-/m1/s1. The van der Waals surface area contributed by atoms with Crippen LogP contribution in [0.3, 0.4) is 0 Å². The van der Waals surface area contributed by atoms with Gasteiger partial charge in [0.05, 0.1) is 23.3 Å². The summed E-state index contributed by atoms with van der Waals surface area (Å²) >= 11 is 0. The number of amides is 3. The van der Waals surface area contributed by atoms with Crippen LogP contribution in [0.5, 0.6) is 0 Å². The smallest absolute Gasteiger partial charge is 0.272 e. The topological polar surface area (TPSA) is 101 Å². The second-order valence-electron chi connectivity index (χ2n) is 8.28. The Morgan fingerprint density at radius 1 is 1.06 bits per heavy atom. The number of nitro benzene ring substituents is 1. The number of nitro groups is 1. The van der Waals surface area contributed by atoms with E-state index in [0.717, 1.165) is 22.0 Å². The van der Waals surface area contributed by atoms with Crippen LogP contribution < -0.4 is 0 Å². The molecular formula is C23H23N3O5. The lowest BCUT2D eigenvalue weighted by atomic mass is 9.76. The molecule has 3 atom stereocenters. The molecule has 2 aliphatic rings. The summed E-state index contributed by atoms with van der Waals surface area (Å²) < 4.78 is 0. The highest BCUT2D eigenvalue weighted by atomic mass is 16.6. The maximum Gasteiger partial charge on any atom is 0.273 e. The van der Waals surface area contributed by atoms with Crippen molar-refractivity contribution in [1.82, 2.24) is 10.0 Å². The molecule has 31 heavy (non-hydrogen) atoms. The Morgan fingerprint density at radius 3 is 2.48 bits per heavy atom. The van der Waals surface area contributed by atoms with E-state index >= 15 is 0 Å². The summed E-state index contributed by atoms with van der Waals surface area (Å²) in [5.74, 6) is -1.85. The van der Waals surface area contributed by atoms with E-state index in [4.69, 9.17) is 0 Å². The molecule has 2 aromatic rings. The van der Waals surface area contributed by atoms with Crippen LogP contribution in [-0.4, -0.2) is 32.7 Å². The predicted molar refractivity (Wildman–Crippen MR) is 111 cm³/mol. The second-order valence-corrected chi connectivity index (χ2v) is 8.28. The van der Waals surface area contributed by atoms with Crippen LogP contribution >= 0.6 is 0 Å². The second kappa shape index (κ2) is 8.29. The Hall–Kier alpha value is -3.55. The molecule has 1 saturated heterocycles. The molecule has 0 unspecified atom stereocenters. The van der Waals surface area contributed by atoms with E-state index in [9.17, 15) is 24.5 Å². The molecule has 2 fully saturated rings. The summed E-state index contributed by atoms with van der Waals surface area (Å²) in [4.78, 5) is 50.5. The van der Waals surface area contributed by atoms with Gasteiger partial charge in [0, 0.05) is 17.7 Å². The van der Waals surface area contributed by atoms with Gasteiger partial charge in [-0.2, -0.15) is 5.01 Å². The van der Waals surface area contributed by atoms with Gasteiger partial charge >= 0.3 is 0 Å². The summed E-state index contributed by atoms with van der Waals surface area (Å²) in [6.45, 7) is 2.07. The van der Waals surface area contributed by atoms with Crippen molar-refractivity contribution < 1.29 is 19.3 Å². The van der Waals surface area contributed by atoms with Gasteiger partial charge in [0.1, 0.15) is 0 Å². The van der Waals surface area contributed by atoms with Gasteiger partial charge in [0.25, 0.3) is 23.4 Å². The zero-order valence-electron chi connectivity index (χ0n) is 17.1. The number of carbonyl (C=O) groups is 3. The van der Waals surface area contributed by atoms with Crippen LogP contribution in [0.15, 0.2) is 54.6 Å². The average Bonchev–Trinajstić information content (AvgIpc) is 3.02. The number of carbonyl (C=O) groups excluding carboxylic acids is 3. The number of benzene rings is 2. The average molecular weight is 421 g/mol. The third-order valence-corrected chi connectivity index (χ3v) is 6.12. The Kier molecular flexibility index (Phi) is 5.54. The molecule has 8 nitrogen and oxygen atoms in total. The number of hydrogen-bond acceptors (Lipinski definition) is 5. The molecule has 3 amide bonds. The van der Waals surface area contributed by atoms with Gasteiger partial charge < -0.3 is 0 Å². The lowest BCUT2D eigenvalue weighted by Crippen LogP contribution is -2.49. The number of hydrogen-bond donors (Lipinski definition) is 0. The lowest BCUT2D eigenvalue weighted by Gasteiger charge is -2.30. The summed E-state index contributed by atoms with van der Waals surface area (Å²) in [6, 6.07) is 14.4. The summed E-state index contributed by atoms with van der Waals surface area (Å²) in [7, 11) is 0. The molecule has 1 heterocycles. The van der Waals surface area contributed by atoms with Gasteiger partial charge in [-0.05, 0) is 36.8 Å². The summed E-state index contributed by atoms with van der Waals surface area (Å²) in [5.41, 5.74) is 0.561. The van der Waals surface area contributed by atoms with Crippen molar-refractivity contribution in [2.24, 2.45) is 17.8 Å². The van der Waals surface area contributed by atoms with E-state index in [0.29, 0.717) is 18.8 Å². The molecule has 0 N–H and O–H groups in total. The monoisotopic (exact) mass is 421 g/mol. The molecule has 0 radical (unpaired) electrons. The van der Waals surface area contributed by atoms with Crippen LogP contribution in [0.1, 0.15) is 42.1 Å². The Bertz CT molecular complexity index is 1040. The maximum atomic E-state index is 13.4. The van der Waals surface area contributed by atoms with E-state index in [-0.39, 0.29) is 29.6 Å². The molecule has 4 rings (SSSR count). The number of non-ortho nitro benzene ring substituents is 1. The minimum Gasteiger partial charge on any atom is -0.272 e. The zero-order chi connectivity index (χ0) is 22.1. The van der Waals surface area contributed by atoms with Crippen LogP contribution in [0.25, 0.3) is 0 Å². The number of hydrazine groups is 1. The van der Waals surface area contributed by atoms with Crippen molar-refractivity contribution in [2.75, 3.05) is 0 Å². The Labute approximate surface area is 179 Å². The van der Waals surface area contributed by atoms with E-state index in [1.165, 1.54) is 24.3 Å². The Balaban J connectivity index is 1.72. The third-order valence-electron chi connectivity index (χ3n) is 6.12. The van der Waals surface area contributed by atoms with Crippen molar-refractivity contribution in [1.29, 1.82) is 0 Å². The first-order chi connectivity index (χ1) is 14.9. The van der Waals surface area contributed by atoms with Gasteiger partial charge in [0.2, 0.25) is 0 Å². The van der Waals surface area contributed by atoms with Crippen LogP contribution in [0.2, 0.25) is 0 Å². The molecule has 1 aliphatic heterocycles. The first-order valence-electron chi connectivity index (χ1n) is 10.3. The largest absolute Gasteiger partial charge is 0.273 e. The molecule has 160 valence electrons. The van der Waals surface area contributed by atoms with Gasteiger partial charge in [-0.15, -0.1) is 0 Å². The highest BCUT2D eigenvalue weighted by Gasteiger charge is 2.52. The van der Waals surface area contributed by atoms with Crippen LogP contribution in [0, 0.1) is 27.9 Å². The molecule has 1 aliphatic carbocycles. The van der Waals surface area contributed by atoms with Gasteiger partial charge in [-0.3, -0.25) is 24.5 Å². The predicted octanol–water partition coefficient (Wildman–Crippen LogP) is 3.57. The third kappa shape index (κ3) is 3.93. The number of rotatable bonds is 5. The van der Waals surface area contributed by atoms with E-state index in [1.807, 2.05) is 6.07 Å². The highest BCUT2D eigenvalue weighted by molar-refractivity contribution is 6.07. The summed E-state index contributed by atoms with van der Waals surface area (Å²) in [6.07, 6.45) is 2.11. The summed E-state index contributed by atoms with van der Waals surface area (Å²) in [5, 5.41) is 13.3. The molecule has 0 spiro atoms. The first-order valence-corrected chi connectivity index (χ1v) is 10.3. The lowest BCUT2D eigenvalue weighted by molar-refractivity contribution is -0.384. The molecule has 0 aromatic heterocycles. The number of imide groups is 1. The SMILES string of the molecule is C[C@@H]1CC[C@H]2C(=O)N(N(Cc3ccccc3)C(=O)c3cccc([N+](=O)[O-])c3)C(=O)[C@@H]2C1. The molecule has 8 heteroatoms. The van der Waals surface area contributed by atoms with Crippen molar-refractivity contribution >= 4 is 23.4 Å².